The van der Waals surface area contributed by atoms with E-state index in [2.05, 4.69) is 6.92 Å². The fourth-order valence-electron chi connectivity index (χ4n) is 1.23. The minimum absolute atomic E-state index is 0.124. The predicted molar refractivity (Wildman–Crippen MR) is 56.4 cm³/mol. The molecule has 0 rings (SSSR count). The maximum Gasteiger partial charge on any atom is 0.151 e. The van der Waals surface area contributed by atoms with Crippen LogP contribution in [0, 0.1) is 0 Å². The SMILES string of the molecule is CCCCCCS(=O)(=O)CC(C)N. The van der Waals surface area contributed by atoms with E-state index in [9.17, 15) is 8.42 Å². The fraction of sp³-hybridized carbons (Fsp3) is 1.00. The minimum atomic E-state index is -2.89. The van der Waals surface area contributed by atoms with Gasteiger partial charge in [-0.15, -0.1) is 0 Å². The monoisotopic (exact) mass is 207 g/mol. The summed E-state index contributed by atoms with van der Waals surface area (Å²) in [7, 11) is -2.89. The molecule has 4 heteroatoms. The van der Waals surface area contributed by atoms with Crippen LogP contribution >= 0.6 is 0 Å². The van der Waals surface area contributed by atoms with Crippen LogP contribution in [0.2, 0.25) is 0 Å². The normalized spacial score (nSPS) is 14.4. The van der Waals surface area contributed by atoms with E-state index in [1.54, 1.807) is 6.92 Å². The largest absolute Gasteiger partial charge is 0.327 e. The Morgan fingerprint density at radius 1 is 1.23 bits per heavy atom. The van der Waals surface area contributed by atoms with E-state index < -0.39 is 9.84 Å². The Balaban J connectivity index is 3.64. The molecule has 0 aromatic heterocycles. The topological polar surface area (TPSA) is 60.2 Å². The lowest BCUT2D eigenvalue weighted by molar-refractivity contribution is 0.583. The number of unbranched alkanes of at least 4 members (excludes halogenated alkanes) is 3. The summed E-state index contributed by atoms with van der Waals surface area (Å²) in [5.74, 6) is 0.424. The number of rotatable bonds is 7. The summed E-state index contributed by atoms with van der Waals surface area (Å²) in [5.41, 5.74) is 5.43. The van der Waals surface area contributed by atoms with Crippen molar-refractivity contribution in [3.05, 3.63) is 0 Å². The Kier molecular flexibility index (Phi) is 6.33. The van der Waals surface area contributed by atoms with Crippen molar-refractivity contribution in [2.45, 2.75) is 45.6 Å². The van der Waals surface area contributed by atoms with Gasteiger partial charge < -0.3 is 5.73 Å². The van der Waals surface area contributed by atoms with E-state index in [4.69, 9.17) is 5.73 Å². The quantitative estimate of drug-likeness (QED) is 0.641. The molecule has 1 atom stereocenters. The lowest BCUT2D eigenvalue weighted by Crippen LogP contribution is -2.27. The maximum atomic E-state index is 11.3. The first-order valence-electron chi connectivity index (χ1n) is 4.94. The molecule has 0 aromatic rings. The van der Waals surface area contributed by atoms with Gasteiger partial charge in [0.05, 0.1) is 11.5 Å². The van der Waals surface area contributed by atoms with E-state index in [0.29, 0.717) is 5.75 Å². The van der Waals surface area contributed by atoms with Crippen LogP contribution in [0.15, 0.2) is 0 Å². The van der Waals surface area contributed by atoms with Crippen molar-refractivity contribution in [2.75, 3.05) is 11.5 Å². The molecule has 1 unspecified atom stereocenters. The van der Waals surface area contributed by atoms with Crippen molar-refractivity contribution < 1.29 is 8.42 Å². The van der Waals surface area contributed by atoms with E-state index in [1.165, 1.54) is 0 Å². The average Bonchev–Trinajstić information content (AvgIpc) is 1.95. The van der Waals surface area contributed by atoms with Gasteiger partial charge in [-0.05, 0) is 13.3 Å². The van der Waals surface area contributed by atoms with E-state index >= 15 is 0 Å². The lowest BCUT2D eigenvalue weighted by atomic mass is 10.2. The molecule has 2 N–H and O–H groups in total. The van der Waals surface area contributed by atoms with Crippen LogP contribution in [-0.2, 0) is 9.84 Å². The summed E-state index contributed by atoms with van der Waals surface area (Å²) < 4.78 is 22.6. The van der Waals surface area contributed by atoms with Crippen molar-refractivity contribution in [2.24, 2.45) is 5.73 Å². The van der Waals surface area contributed by atoms with Crippen molar-refractivity contribution in [3.8, 4) is 0 Å². The molecule has 0 aromatic carbocycles. The van der Waals surface area contributed by atoms with Gasteiger partial charge in [0.15, 0.2) is 9.84 Å². The van der Waals surface area contributed by atoms with Crippen molar-refractivity contribution in [1.82, 2.24) is 0 Å². The molecular formula is C9H21NO2S. The van der Waals surface area contributed by atoms with Gasteiger partial charge in [-0.3, -0.25) is 0 Å². The zero-order valence-electron chi connectivity index (χ0n) is 8.62. The van der Waals surface area contributed by atoms with E-state index in [0.717, 1.165) is 25.7 Å². The summed E-state index contributed by atoms with van der Waals surface area (Å²) in [6.07, 6.45) is 4.04. The van der Waals surface area contributed by atoms with Gasteiger partial charge in [0.1, 0.15) is 0 Å². The second kappa shape index (κ2) is 6.38. The molecule has 0 aliphatic carbocycles. The second-order valence-corrected chi connectivity index (χ2v) is 5.88. The highest BCUT2D eigenvalue weighted by Crippen LogP contribution is 2.03. The van der Waals surface area contributed by atoms with Gasteiger partial charge in [0.2, 0.25) is 0 Å². The van der Waals surface area contributed by atoms with Crippen LogP contribution in [-0.4, -0.2) is 26.0 Å². The summed E-state index contributed by atoms with van der Waals surface area (Å²) in [6, 6.07) is -0.240. The van der Waals surface area contributed by atoms with Crippen LogP contribution in [0.3, 0.4) is 0 Å². The third-order valence-corrected chi connectivity index (χ3v) is 3.77. The van der Waals surface area contributed by atoms with Gasteiger partial charge in [0.25, 0.3) is 0 Å². The number of nitrogens with two attached hydrogens (primary N) is 1. The molecule has 0 amide bonds. The Morgan fingerprint density at radius 3 is 2.31 bits per heavy atom. The van der Waals surface area contributed by atoms with Crippen LogP contribution in [0.5, 0.6) is 0 Å². The first-order chi connectivity index (χ1) is 5.98. The lowest BCUT2D eigenvalue weighted by Gasteiger charge is -2.06. The summed E-state index contributed by atoms with van der Waals surface area (Å²) in [6.45, 7) is 3.83. The van der Waals surface area contributed by atoms with E-state index in [1.807, 2.05) is 0 Å². The fourth-order valence-corrected chi connectivity index (χ4v) is 2.84. The molecule has 13 heavy (non-hydrogen) atoms. The minimum Gasteiger partial charge on any atom is -0.327 e. The van der Waals surface area contributed by atoms with Gasteiger partial charge in [-0.1, -0.05) is 26.2 Å². The van der Waals surface area contributed by atoms with Gasteiger partial charge >= 0.3 is 0 Å². The first kappa shape index (κ1) is 12.9. The molecule has 3 nitrogen and oxygen atoms in total. The number of hydrogen-bond donors (Lipinski definition) is 1. The van der Waals surface area contributed by atoms with Gasteiger partial charge in [-0.25, -0.2) is 8.42 Å². The maximum absolute atomic E-state index is 11.3. The standard InChI is InChI=1S/C9H21NO2S/c1-3-4-5-6-7-13(11,12)8-9(2)10/h9H,3-8,10H2,1-2H3. The highest BCUT2D eigenvalue weighted by Gasteiger charge is 2.12. The van der Waals surface area contributed by atoms with Crippen molar-refractivity contribution in [3.63, 3.8) is 0 Å². The molecule has 80 valence electrons. The Hall–Kier alpha value is -0.0900. The van der Waals surface area contributed by atoms with Gasteiger partial charge in [-0.2, -0.15) is 0 Å². The van der Waals surface area contributed by atoms with Crippen molar-refractivity contribution in [1.29, 1.82) is 0 Å². The molecule has 0 aliphatic rings. The average molecular weight is 207 g/mol. The highest BCUT2D eigenvalue weighted by molar-refractivity contribution is 7.91. The molecular weight excluding hydrogens is 186 g/mol. The predicted octanol–water partition coefficient (Wildman–Crippen LogP) is 1.33. The summed E-state index contributed by atoms with van der Waals surface area (Å²) in [4.78, 5) is 0. The third-order valence-electron chi connectivity index (χ3n) is 1.83. The van der Waals surface area contributed by atoms with Crippen LogP contribution in [0.1, 0.15) is 39.5 Å². The van der Waals surface area contributed by atoms with Crippen molar-refractivity contribution >= 4 is 9.84 Å². The molecule has 0 radical (unpaired) electrons. The third kappa shape index (κ3) is 8.25. The molecule has 0 saturated heterocycles. The summed E-state index contributed by atoms with van der Waals surface area (Å²) >= 11 is 0. The molecule has 0 bridgehead atoms. The molecule has 0 aliphatic heterocycles. The Morgan fingerprint density at radius 2 is 1.85 bits per heavy atom. The molecule has 0 fully saturated rings. The molecule has 0 saturated carbocycles. The van der Waals surface area contributed by atoms with Crippen LogP contribution in [0.4, 0.5) is 0 Å². The van der Waals surface area contributed by atoms with Gasteiger partial charge in [0, 0.05) is 6.04 Å². The second-order valence-electron chi connectivity index (χ2n) is 3.65. The number of hydrogen-bond acceptors (Lipinski definition) is 3. The van der Waals surface area contributed by atoms with Crippen LogP contribution < -0.4 is 5.73 Å². The van der Waals surface area contributed by atoms with E-state index in [-0.39, 0.29) is 11.8 Å². The molecule has 0 heterocycles. The number of sulfone groups is 1. The first-order valence-corrected chi connectivity index (χ1v) is 6.76. The zero-order chi connectivity index (χ0) is 10.3. The zero-order valence-corrected chi connectivity index (χ0v) is 9.44. The highest BCUT2D eigenvalue weighted by atomic mass is 32.2. The Bertz CT molecular complexity index is 210. The summed E-state index contributed by atoms with van der Waals surface area (Å²) in [5, 5.41) is 0. The Labute approximate surface area is 81.6 Å². The smallest absolute Gasteiger partial charge is 0.151 e. The molecule has 0 spiro atoms. The van der Waals surface area contributed by atoms with Crippen LogP contribution in [0.25, 0.3) is 0 Å².